The molecule has 0 bridgehead atoms. The summed E-state index contributed by atoms with van der Waals surface area (Å²) in [6.07, 6.45) is -4.76. The Morgan fingerprint density at radius 3 is 1.38 bits per heavy atom. The Morgan fingerprint density at radius 2 is 1.03 bits per heavy atom. The van der Waals surface area contributed by atoms with Crippen LogP contribution in [0.1, 0.15) is 11.1 Å². The second-order valence-corrected chi connectivity index (χ2v) is 6.83. The number of nitrogens with one attached hydrogen (secondary N) is 1. The third-order valence-corrected chi connectivity index (χ3v) is 4.48. The molecule has 166 valence electrons. The molecule has 0 aromatic heterocycles. The van der Waals surface area contributed by atoms with E-state index < -0.39 is 12.3 Å². The number of nitrogens with zero attached hydrogens (tertiary/aromatic N) is 1. The van der Waals surface area contributed by atoms with Crippen LogP contribution in [0.5, 0.6) is 0 Å². The molecule has 5 N–H and O–H groups in total. The molecule has 0 spiro atoms. The van der Waals surface area contributed by atoms with Crippen LogP contribution in [0, 0.1) is 5.41 Å². The van der Waals surface area contributed by atoms with Crippen LogP contribution in [0.15, 0.2) is 77.8 Å². The van der Waals surface area contributed by atoms with Crippen molar-refractivity contribution in [2.45, 2.75) is 19.5 Å². The lowest BCUT2D eigenvalue weighted by Crippen LogP contribution is -2.20. The predicted octanol–water partition coefficient (Wildman–Crippen LogP) is 4.78. The molecule has 0 fully saturated rings. The second kappa shape index (κ2) is 9.86. The highest BCUT2D eigenvalue weighted by Crippen LogP contribution is 2.26. The first kappa shape index (κ1) is 22.7. The number of benzene rings is 3. The SMILES string of the molecule is N=C(N)OCc1ccc(-c2ccc(-c3ccc(COC(N)=NC(F)(F)F)cc3)cc2)cc1. The Morgan fingerprint density at radius 1 is 0.688 bits per heavy atom. The van der Waals surface area contributed by atoms with Crippen LogP contribution in [-0.4, -0.2) is 18.3 Å². The van der Waals surface area contributed by atoms with E-state index in [2.05, 4.69) is 4.99 Å². The maximum Gasteiger partial charge on any atom is 0.507 e. The summed E-state index contributed by atoms with van der Waals surface area (Å²) in [5.41, 5.74) is 15.9. The monoisotopic (exact) mass is 442 g/mol. The molecule has 32 heavy (non-hydrogen) atoms. The number of alkyl halides is 3. The highest BCUT2D eigenvalue weighted by atomic mass is 19.4. The van der Waals surface area contributed by atoms with Gasteiger partial charge in [0.1, 0.15) is 13.2 Å². The van der Waals surface area contributed by atoms with Gasteiger partial charge in [-0.05, 0) is 33.4 Å². The van der Waals surface area contributed by atoms with Crippen LogP contribution in [0.4, 0.5) is 13.2 Å². The van der Waals surface area contributed by atoms with Crippen molar-refractivity contribution in [3.8, 4) is 22.3 Å². The van der Waals surface area contributed by atoms with Gasteiger partial charge < -0.3 is 20.9 Å². The Labute approximate surface area is 182 Å². The molecular formula is C23H21F3N4O2. The highest BCUT2D eigenvalue weighted by molar-refractivity contribution is 5.72. The van der Waals surface area contributed by atoms with Crippen molar-refractivity contribution in [3.05, 3.63) is 83.9 Å². The van der Waals surface area contributed by atoms with Gasteiger partial charge in [0.25, 0.3) is 12.0 Å². The predicted molar refractivity (Wildman–Crippen MR) is 116 cm³/mol. The normalized spacial score (nSPS) is 11.8. The van der Waals surface area contributed by atoms with Gasteiger partial charge in [0.15, 0.2) is 0 Å². The Kier molecular flexibility index (Phi) is 6.99. The largest absolute Gasteiger partial charge is 0.507 e. The first-order valence-electron chi connectivity index (χ1n) is 9.50. The van der Waals surface area contributed by atoms with Crippen LogP contribution in [0.3, 0.4) is 0 Å². The number of hydrogen-bond acceptors (Lipinski definition) is 4. The summed E-state index contributed by atoms with van der Waals surface area (Å²) in [6, 6.07) is 21.7. The molecule has 6 nitrogen and oxygen atoms in total. The zero-order valence-electron chi connectivity index (χ0n) is 16.9. The van der Waals surface area contributed by atoms with E-state index in [9.17, 15) is 13.2 Å². The van der Waals surface area contributed by atoms with E-state index >= 15 is 0 Å². The van der Waals surface area contributed by atoms with Crippen LogP contribution in [0.25, 0.3) is 22.3 Å². The molecule has 0 saturated carbocycles. The molecule has 0 saturated heterocycles. The lowest BCUT2D eigenvalue weighted by molar-refractivity contribution is -0.121. The molecule has 0 unspecified atom stereocenters. The zero-order valence-corrected chi connectivity index (χ0v) is 16.9. The number of halogens is 3. The fraction of sp³-hybridized carbons (Fsp3) is 0.130. The zero-order chi connectivity index (χ0) is 23.1. The third-order valence-electron chi connectivity index (χ3n) is 4.48. The van der Waals surface area contributed by atoms with Crippen molar-refractivity contribution < 1.29 is 22.6 Å². The van der Waals surface area contributed by atoms with Gasteiger partial charge in [0.2, 0.25) is 0 Å². The number of rotatable bonds is 6. The summed E-state index contributed by atoms with van der Waals surface area (Å²) in [5, 5.41) is 7.09. The molecule has 0 atom stereocenters. The average Bonchev–Trinajstić information content (AvgIpc) is 2.76. The summed E-state index contributed by atoms with van der Waals surface area (Å²) >= 11 is 0. The molecule has 0 aliphatic heterocycles. The van der Waals surface area contributed by atoms with E-state index in [0.29, 0.717) is 5.56 Å². The Balaban J connectivity index is 1.62. The van der Waals surface area contributed by atoms with Crippen LogP contribution in [0.2, 0.25) is 0 Å². The second-order valence-electron chi connectivity index (χ2n) is 6.83. The third kappa shape index (κ3) is 6.76. The van der Waals surface area contributed by atoms with E-state index in [1.807, 2.05) is 60.7 Å². The molecule has 3 aromatic carbocycles. The minimum atomic E-state index is -4.76. The van der Waals surface area contributed by atoms with Gasteiger partial charge in [0.05, 0.1) is 0 Å². The molecule has 0 aliphatic carbocycles. The maximum absolute atomic E-state index is 12.1. The number of ether oxygens (including phenoxy) is 2. The molecule has 0 amide bonds. The van der Waals surface area contributed by atoms with E-state index in [0.717, 1.165) is 27.8 Å². The molecule has 3 aromatic rings. The van der Waals surface area contributed by atoms with Crippen molar-refractivity contribution in [2.75, 3.05) is 0 Å². The van der Waals surface area contributed by atoms with Gasteiger partial charge in [0, 0.05) is 0 Å². The smallest absolute Gasteiger partial charge is 0.461 e. The van der Waals surface area contributed by atoms with Gasteiger partial charge in [-0.25, -0.2) is 0 Å². The summed E-state index contributed by atoms with van der Waals surface area (Å²) in [7, 11) is 0. The van der Waals surface area contributed by atoms with Gasteiger partial charge >= 0.3 is 6.30 Å². The molecular weight excluding hydrogens is 421 g/mol. The van der Waals surface area contributed by atoms with E-state index in [4.69, 9.17) is 26.4 Å². The van der Waals surface area contributed by atoms with Crippen molar-refractivity contribution >= 4 is 12.0 Å². The molecule has 0 radical (unpaired) electrons. The van der Waals surface area contributed by atoms with Crippen molar-refractivity contribution in [1.29, 1.82) is 5.41 Å². The minimum absolute atomic E-state index is 0.113. The summed E-state index contributed by atoms with van der Waals surface area (Å²) in [4.78, 5) is 2.30. The number of nitrogens with two attached hydrogens (primary N) is 2. The fourth-order valence-electron chi connectivity index (χ4n) is 2.92. The first-order chi connectivity index (χ1) is 15.2. The fourth-order valence-corrected chi connectivity index (χ4v) is 2.92. The maximum atomic E-state index is 12.1. The summed E-state index contributed by atoms with van der Waals surface area (Å²) < 4.78 is 46.2. The van der Waals surface area contributed by atoms with Crippen molar-refractivity contribution in [1.82, 2.24) is 0 Å². The Hall–Kier alpha value is -4.01. The van der Waals surface area contributed by atoms with E-state index in [-0.39, 0.29) is 19.2 Å². The van der Waals surface area contributed by atoms with E-state index in [1.165, 1.54) is 0 Å². The van der Waals surface area contributed by atoms with Crippen molar-refractivity contribution in [2.24, 2.45) is 16.5 Å². The molecule has 0 heterocycles. The average molecular weight is 442 g/mol. The number of hydrogen-bond donors (Lipinski definition) is 3. The summed E-state index contributed by atoms with van der Waals surface area (Å²) in [5.74, 6) is 0. The lowest BCUT2D eigenvalue weighted by Gasteiger charge is -2.09. The van der Waals surface area contributed by atoms with Gasteiger partial charge in [-0.1, -0.05) is 72.8 Å². The van der Waals surface area contributed by atoms with Gasteiger partial charge in [-0.15, -0.1) is 18.2 Å². The number of aliphatic imine (C=N–C) groups is 1. The quantitative estimate of drug-likeness (QED) is 0.290. The molecule has 3 rings (SSSR count). The highest BCUT2D eigenvalue weighted by Gasteiger charge is 2.27. The lowest BCUT2D eigenvalue weighted by atomic mass is 9.99. The van der Waals surface area contributed by atoms with E-state index in [1.54, 1.807) is 12.1 Å². The van der Waals surface area contributed by atoms with Crippen molar-refractivity contribution in [3.63, 3.8) is 0 Å². The van der Waals surface area contributed by atoms with Crippen LogP contribution >= 0.6 is 0 Å². The Bertz CT molecular complexity index is 1080. The van der Waals surface area contributed by atoms with Crippen LogP contribution in [-0.2, 0) is 22.7 Å². The topological polar surface area (TPSA) is 107 Å². The standard InChI is InChI=1S/C23H21F3N4O2/c24-23(25,26)30-22(29)32-14-16-3-7-18(8-4-16)20-11-9-19(10-12-20)17-5-1-15(2-6-17)13-31-21(27)28/h1-12H,13-14H2,(H3,27,28)(H2,29,30). The first-order valence-corrected chi connectivity index (χ1v) is 9.50. The summed E-state index contributed by atoms with van der Waals surface area (Å²) in [6.45, 7) is 0.134. The minimum Gasteiger partial charge on any atom is -0.461 e. The van der Waals surface area contributed by atoms with Gasteiger partial charge in [-0.3, -0.25) is 5.41 Å². The number of amidine groups is 2. The van der Waals surface area contributed by atoms with Gasteiger partial charge in [-0.2, -0.15) is 0 Å². The van der Waals surface area contributed by atoms with Crippen LogP contribution < -0.4 is 11.5 Å². The molecule has 0 aliphatic rings. The molecule has 9 heteroatoms.